The third-order valence-electron chi connectivity index (χ3n) is 9.02. The highest BCUT2D eigenvalue weighted by Crippen LogP contribution is 2.43. The van der Waals surface area contributed by atoms with Crippen LogP contribution in [0.1, 0.15) is 162 Å². The number of rotatable bonds is 6. The van der Waals surface area contributed by atoms with Crippen LogP contribution in [0.15, 0.2) is 11.3 Å². The number of hydrogen-bond acceptors (Lipinski definition) is 2. The average Bonchev–Trinajstić information content (AvgIpc) is 3.05. The summed E-state index contributed by atoms with van der Waals surface area (Å²) in [7, 11) is 2.49. The van der Waals surface area contributed by atoms with Gasteiger partial charge in [-0.15, -0.1) is 0 Å². The molecule has 1 unspecified atom stereocenters. The van der Waals surface area contributed by atoms with Crippen LogP contribution >= 0.6 is 0 Å². The maximum atomic E-state index is 2.91. The van der Waals surface area contributed by atoms with E-state index in [9.17, 15) is 0 Å². The second kappa shape index (κ2) is 15.5. The Morgan fingerprint density at radius 3 is 1.45 bits per heavy atom. The lowest BCUT2D eigenvalue weighted by molar-refractivity contribution is -0.0332. The first-order valence-corrected chi connectivity index (χ1v) is 15.5. The summed E-state index contributed by atoms with van der Waals surface area (Å²) in [6, 6.07) is 1.43. The lowest BCUT2D eigenvalue weighted by Gasteiger charge is -2.41. The van der Waals surface area contributed by atoms with Crippen molar-refractivity contribution in [3.05, 3.63) is 11.3 Å². The van der Waals surface area contributed by atoms with Crippen LogP contribution in [0.4, 0.5) is 0 Å². The molecule has 3 aliphatic rings. The van der Waals surface area contributed by atoms with Crippen LogP contribution < -0.4 is 0 Å². The highest BCUT2D eigenvalue weighted by Gasteiger charge is 2.41. The Balaban J connectivity index is 1.85. The quantitative estimate of drug-likeness (QED) is 0.390. The molecule has 2 aliphatic carbocycles. The van der Waals surface area contributed by atoms with Gasteiger partial charge < -0.3 is 5.01 Å². The molecule has 1 heterocycles. The third-order valence-corrected chi connectivity index (χ3v) is 9.02. The van der Waals surface area contributed by atoms with Gasteiger partial charge in [0.05, 0.1) is 6.04 Å². The van der Waals surface area contributed by atoms with Crippen LogP contribution in [0.2, 0.25) is 0 Å². The molecule has 0 radical (unpaired) electrons. The first-order chi connectivity index (χ1) is 16.3. The minimum Gasteiger partial charge on any atom is -0.307 e. The van der Waals surface area contributed by atoms with Crippen LogP contribution in [0, 0.1) is 5.92 Å². The van der Waals surface area contributed by atoms with Crippen LogP contribution in [-0.2, 0) is 0 Å². The van der Waals surface area contributed by atoms with Gasteiger partial charge in [0.2, 0.25) is 0 Å². The highest BCUT2D eigenvalue weighted by molar-refractivity contribution is 5.26. The molecule has 33 heavy (non-hydrogen) atoms. The standard InChI is InChI=1S/C31H58N2/c1-4-21-29-30(22-5-2)33(28-25-19-15-11-8-12-16-20-26-28)32(3)31(29)27-23-17-13-9-6-7-10-14-18-24-27/h27-28,31H,4-26H2,1-3H3. The zero-order chi connectivity index (χ0) is 23.3. The van der Waals surface area contributed by atoms with Gasteiger partial charge in [-0.2, -0.15) is 0 Å². The van der Waals surface area contributed by atoms with Crippen molar-refractivity contribution in [1.29, 1.82) is 0 Å². The van der Waals surface area contributed by atoms with Crippen molar-refractivity contribution >= 4 is 0 Å². The molecule has 0 amide bonds. The molecule has 1 aliphatic heterocycles. The van der Waals surface area contributed by atoms with Gasteiger partial charge in [-0.25, -0.2) is 5.01 Å². The Kier molecular flexibility index (Phi) is 12.7. The summed E-state index contributed by atoms with van der Waals surface area (Å²) in [4.78, 5) is 0. The molecule has 0 aromatic heterocycles. The van der Waals surface area contributed by atoms with Crippen LogP contribution in [-0.4, -0.2) is 29.1 Å². The summed E-state index contributed by atoms with van der Waals surface area (Å²) in [6.07, 6.45) is 32.9. The minimum absolute atomic E-state index is 0.683. The van der Waals surface area contributed by atoms with Gasteiger partial charge in [0.15, 0.2) is 0 Å². The molecule has 1 atom stereocenters. The van der Waals surface area contributed by atoms with Crippen LogP contribution in [0.3, 0.4) is 0 Å². The van der Waals surface area contributed by atoms with Gasteiger partial charge >= 0.3 is 0 Å². The second-order valence-electron chi connectivity index (χ2n) is 11.7. The highest BCUT2D eigenvalue weighted by atomic mass is 15.7. The predicted octanol–water partition coefficient (Wildman–Crippen LogP) is 9.80. The first kappa shape index (κ1) is 27.1. The lowest BCUT2D eigenvalue weighted by Crippen LogP contribution is -2.48. The molecule has 0 N–H and O–H groups in total. The lowest BCUT2D eigenvalue weighted by atomic mass is 9.83. The average molecular weight is 459 g/mol. The Morgan fingerprint density at radius 1 is 0.576 bits per heavy atom. The SMILES string of the molecule is CCCC1=C(CCC)N(C2CCCCCCCCC2)N(C)C1C1CCCCCCCCCC1. The van der Waals surface area contributed by atoms with Crippen LogP contribution in [0.5, 0.6) is 0 Å². The fraction of sp³-hybridized carbons (Fsp3) is 0.935. The van der Waals surface area contributed by atoms with E-state index in [0.717, 1.165) is 12.0 Å². The van der Waals surface area contributed by atoms with Crippen molar-refractivity contribution in [3.8, 4) is 0 Å². The molecular formula is C31H58N2. The summed E-state index contributed by atoms with van der Waals surface area (Å²) in [5, 5.41) is 5.72. The molecule has 192 valence electrons. The number of nitrogens with zero attached hydrogens (tertiary/aromatic N) is 2. The minimum atomic E-state index is 0.683. The number of likely N-dealkylation sites (N-methyl/N-ethyl adjacent to an activating group) is 1. The molecule has 0 saturated heterocycles. The molecule has 2 fully saturated rings. The van der Waals surface area contributed by atoms with E-state index < -0.39 is 0 Å². The van der Waals surface area contributed by atoms with Crippen molar-refractivity contribution < 1.29 is 0 Å². The zero-order valence-electron chi connectivity index (χ0n) is 22.9. The van der Waals surface area contributed by atoms with E-state index in [1.54, 1.807) is 5.70 Å². The van der Waals surface area contributed by atoms with Crippen molar-refractivity contribution in [2.75, 3.05) is 7.05 Å². The Labute approximate surface area is 207 Å². The van der Waals surface area contributed by atoms with Crippen molar-refractivity contribution in [1.82, 2.24) is 10.0 Å². The van der Waals surface area contributed by atoms with Gasteiger partial charge in [0.25, 0.3) is 0 Å². The third kappa shape index (κ3) is 8.01. The van der Waals surface area contributed by atoms with Crippen molar-refractivity contribution in [2.45, 2.75) is 174 Å². The Morgan fingerprint density at radius 2 is 1.00 bits per heavy atom. The monoisotopic (exact) mass is 458 g/mol. The maximum absolute atomic E-state index is 2.91. The molecule has 2 saturated carbocycles. The van der Waals surface area contributed by atoms with E-state index in [-0.39, 0.29) is 0 Å². The normalized spacial score (nSPS) is 27.0. The second-order valence-corrected chi connectivity index (χ2v) is 11.7. The molecule has 2 heteroatoms. The summed E-state index contributed by atoms with van der Waals surface area (Å²) >= 11 is 0. The van der Waals surface area contributed by atoms with Gasteiger partial charge in [0.1, 0.15) is 0 Å². The topological polar surface area (TPSA) is 6.48 Å². The Bertz CT molecular complexity index is 531. The molecule has 0 bridgehead atoms. The largest absolute Gasteiger partial charge is 0.307 e. The zero-order valence-corrected chi connectivity index (χ0v) is 22.9. The molecule has 2 nitrogen and oxygen atoms in total. The van der Waals surface area contributed by atoms with E-state index in [2.05, 4.69) is 30.9 Å². The Hall–Kier alpha value is -0.500. The molecule has 0 aromatic carbocycles. The van der Waals surface area contributed by atoms with Crippen LogP contribution in [0.25, 0.3) is 0 Å². The van der Waals surface area contributed by atoms with Gasteiger partial charge in [-0.1, -0.05) is 123 Å². The molecule has 0 aromatic rings. The van der Waals surface area contributed by atoms with Gasteiger partial charge in [0, 0.05) is 18.8 Å². The first-order valence-electron chi connectivity index (χ1n) is 15.5. The van der Waals surface area contributed by atoms with Gasteiger partial charge in [-0.05, 0) is 50.0 Å². The summed E-state index contributed by atoms with van der Waals surface area (Å²) < 4.78 is 0. The molecular weight excluding hydrogens is 400 g/mol. The number of allylic oxidation sites excluding steroid dienone is 1. The fourth-order valence-corrected chi connectivity index (χ4v) is 7.38. The van der Waals surface area contributed by atoms with E-state index >= 15 is 0 Å². The molecule has 0 spiro atoms. The van der Waals surface area contributed by atoms with E-state index in [1.807, 2.05) is 5.57 Å². The smallest absolute Gasteiger partial charge is 0.0547 e. The number of hydrazine groups is 1. The fourth-order valence-electron chi connectivity index (χ4n) is 7.38. The van der Waals surface area contributed by atoms with Crippen molar-refractivity contribution in [2.24, 2.45) is 5.92 Å². The van der Waals surface area contributed by atoms with Gasteiger partial charge in [-0.3, -0.25) is 0 Å². The van der Waals surface area contributed by atoms with Crippen molar-refractivity contribution in [3.63, 3.8) is 0 Å². The number of hydrogen-bond donors (Lipinski definition) is 0. The predicted molar refractivity (Wildman–Crippen MR) is 145 cm³/mol. The van der Waals surface area contributed by atoms with E-state index in [1.165, 1.54) is 148 Å². The summed E-state index contributed by atoms with van der Waals surface area (Å²) in [5.41, 5.74) is 3.63. The van der Waals surface area contributed by atoms with E-state index in [0.29, 0.717) is 6.04 Å². The molecule has 3 rings (SSSR count). The maximum Gasteiger partial charge on any atom is 0.0547 e. The van der Waals surface area contributed by atoms with E-state index in [4.69, 9.17) is 0 Å². The summed E-state index contributed by atoms with van der Waals surface area (Å²) in [5.74, 6) is 0.867. The summed E-state index contributed by atoms with van der Waals surface area (Å²) in [6.45, 7) is 4.82.